The fraction of sp³-hybridized carbons (Fsp3) is 0.222. The number of pyridine rings is 1. The maximum atomic E-state index is 13.4. The molecule has 0 saturated heterocycles. The highest BCUT2D eigenvalue weighted by molar-refractivity contribution is 14.1. The van der Waals surface area contributed by atoms with Crippen LogP contribution in [0.5, 0.6) is 0 Å². The van der Waals surface area contributed by atoms with Crippen molar-refractivity contribution in [1.29, 1.82) is 0 Å². The van der Waals surface area contributed by atoms with E-state index in [0.717, 1.165) is 27.4 Å². The van der Waals surface area contributed by atoms with Gasteiger partial charge in [0.25, 0.3) is 10.0 Å². The number of aryl methyl sites for hydroxylation is 3. The Balaban J connectivity index is 2.14. The summed E-state index contributed by atoms with van der Waals surface area (Å²) in [6, 6.07) is 6.89. The average Bonchev–Trinajstić information content (AvgIpc) is 3.12. The van der Waals surface area contributed by atoms with E-state index in [1.54, 1.807) is 41.3 Å². The van der Waals surface area contributed by atoms with E-state index in [4.69, 9.17) is 0 Å². The van der Waals surface area contributed by atoms with Crippen LogP contribution in [0.1, 0.15) is 18.1 Å². The summed E-state index contributed by atoms with van der Waals surface area (Å²) < 4.78 is 30.5. The monoisotopic (exact) mass is 480 g/mol. The maximum absolute atomic E-state index is 13.4. The Kier molecular flexibility index (Phi) is 4.07. The van der Waals surface area contributed by atoms with Gasteiger partial charge in [0.15, 0.2) is 5.65 Å². The van der Waals surface area contributed by atoms with Gasteiger partial charge in [-0.15, -0.1) is 0 Å². The highest BCUT2D eigenvalue weighted by Crippen LogP contribution is 2.34. The molecule has 6 nitrogen and oxygen atoms in total. The van der Waals surface area contributed by atoms with E-state index < -0.39 is 10.0 Å². The summed E-state index contributed by atoms with van der Waals surface area (Å²) in [6.07, 6.45) is 4.14. The normalized spacial score (nSPS) is 12.3. The van der Waals surface area contributed by atoms with Crippen LogP contribution in [0.3, 0.4) is 0 Å². The number of aromatic nitrogens is 4. The second-order valence-electron chi connectivity index (χ2n) is 6.23. The summed E-state index contributed by atoms with van der Waals surface area (Å²) in [6.45, 7) is 3.95. The molecular weight excluding hydrogens is 463 g/mol. The molecule has 1 aromatic carbocycles. The molecule has 0 amide bonds. The predicted octanol–water partition coefficient (Wildman–Crippen LogP) is 3.64. The summed E-state index contributed by atoms with van der Waals surface area (Å²) >= 11 is 2.11. The number of halogens is 1. The van der Waals surface area contributed by atoms with E-state index in [1.807, 2.05) is 20.9 Å². The Bertz CT molecular complexity index is 1250. The van der Waals surface area contributed by atoms with Crippen LogP contribution in [-0.2, 0) is 23.5 Å². The fourth-order valence-electron chi connectivity index (χ4n) is 3.26. The Labute approximate surface area is 165 Å². The van der Waals surface area contributed by atoms with Crippen molar-refractivity contribution in [2.45, 2.75) is 25.2 Å². The topological polar surface area (TPSA) is 69.8 Å². The van der Waals surface area contributed by atoms with E-state index in [1.165, 1.54) is 3.97 Å². The Morgan fingerprint density at radius 1 is 1.15 bits per heavy atom. The van der Waals surface area contributed by atoms with Crippen LogP contribution in [0.15, 0.2) is 41.6 Å². The molecule has 0 saturated carbocycles. The number of benzene rings is 1. The molecule has 0 spiro atoms. The first kappa shape index (κ1) is 17.5. The number of fused-ring (bicyclic) bond motifs is 3. The van der Waals surface area contributed by atoms with Crippen LogP contribution in [0.2, 0.25) is 0 Å². The van der Waals surface area contributed by atoms with Crippen molar-refractivity contribution in [3.8, 4) is 0 Å². The molecule has 3 aromatic heterocycles. The van der Waals surface area contributed by atoms with Gasteiger partial charge in [-0.25, -0.2) is 17.4 Å². The van der Waals surface area contributed by atoms with Crippen molar-refractivity contribution < 1.29 is 8.42 Å². The molecular formula is C18H17IN4O2S. The van der Waals surface area contributed by atoms with Gasteiger partial charge in [-0.1, -0.05) is 24.6 Å². The quantitative estimate of drug-likeness (QED) is 0.420. The predicted molar refractivity (Wildman–Crippen MR) is 110 cm³/mol. The molecule has 0 atom stereocenters. The molecule has 3 heterocycles. The molecule has 26 heavy (non-hydrogen) atoms. The highest BCUT2D eigenvalue weighted by atomic mass is 127. The van der Waals surface area contributed by atoms with E-state index >= 15 is 0 Å². The van der Waals surface area contributed by atoms with Crippen LogP contribution in [0.25, 0.3) is 21.9 Å². The van der Waals surface area contributed by atoms with Gasteiger partial charge in [0.1, 0.15) is 3.70 Å². The van der Waals surface area contributed by atoms with Crippen LogP contribution in [0, 0.1) is 10.6 Å². The molecule has 0 aliphatic carbocycles. The number of hydrogen-bond acceptors (Lipinski definition) is 4. The molecule has 134 valence electrons. The first-order valence-electron chi connectivity index (χ1n) is 8.18. The lowest BCUT2D eigenvalue weighted by Gasteiger charge is -2.09. The Morgan fingerprint density at radius 2 is 1.85 bits per heavy atom. The average molecular weight is 480 g/mol. The van der Waals surface area contributed by atoms with Crippen molar-refractivity contribution in [2.24, 2.45) is 7.05 Å². The van der Waals surface area contributed by atoms with E-state index in [-0.39, 0.29) is 4.90 Å². The third-order valence-electron chi connectivity index (χ3n) is 4.59. The van der Waals surface area contributed by atoms with Crippen molar-refractivity contribution >= 4 is 54.6 Å². The number of nitrogens with zero attached hydrogens (tertiary/aromatic N) is 4. The van der Waals surface area contributed by atoms with Gasteiger partial charge < -0.3 is 0 Å². The van der Waals surface area contributed by atoms with Crippen LogP contribution >= 0.6 is 22.6 Å². The molecule has 0 bridgehead atoms. The smallest absolute Gasteiger partial charge is 0.267 e. The van der Waals surface area contributed by atoms with Gasteiger partial charge in [-0.05, 0) is 53.6 Å². The Hall–Kier alpha value is -1.94. The minimum atomic E-state index is -3.75. The van der Waals surface area contributed by atoms with Crippen LogP contribution < -0.4 is 0 Å². The number of rotatable bonds is 3. The second-order valence-corrected chi connectivity index (χ2v) is 9.04. The minimum absolute atomic E-state index is 0.257. The summed E-state index contributed by atoms with van der Waals surface area (Å²) in [4.78, 5) is 4.74. The first-order valence-corrected chi connectivity index (χ1v) is 10.7. The lowest BCUT2D eigenvalue weighted by atomic mass is 10.1. The van der Waals surface area contributed by atoms with Crippen molar-refractivity contribution in [3.05, 3.63) is 51.5 Å². The maximum Gasteiger partial charge on any atom is 0.270 e. The standard InChI is InChI=1S/C18H17IN4O2S/c1-4-14-15-16-12(10-21-22(16)3)9-20-18(15)23(17(14)19)26(24,25)13-7-5-11(2)6-8-13/h5-10H,4H2,1-3H3. The van der Waals surface area contributed by atoms with Gasteiger partial charge in [0.2, 0.25) is 0 Å². The molecule has 4 rings (SSSR count). The lowest BCUT2D eigenvalue weighted by Crippen LogP contribution is -2.15. The molecule has 8 heteroatoms. The Morgan fingerprint density at radius 3 is 2.50 bits per heavy atom. The first-order chi connectivity index (χ1) is 12.4. The second kappa shape index (κ2) is 6.05. The van der Waals surface area contributed by atoms with Crippen LogP contribution in [-0.4, -0.2) is 27.2 Å². The van der Waals surface area contributed by atoms with Gasteiger partial charge in [0.05, 0.1) is 22.0 Å². The number of hydrogen-bond donors (Lipinski definition) is 0. The molecule has 0 fully saturated rings. The summed E-state index contributed by atoms with van der Waals surface area (Å²) in [7, 11) is -1.89. The van der Waals surface area contributed by atoms with Crippen molar-refractivity contribution in [3.63, 3.8) is 0 Å². The molecule has 0 N–H and O–H groups in total. The molecule has 0 radical (unpaired) electrons. The van der Waals surface area contributed by atoms with E-state index in [2.05, 4.69) is 32.7 Å². The summed E-state index contributed by atoms with van der Waals surface area (Å²) in [5.74, 6) is 0. The minimum Gasteiger partial charge on any atom is -0.267 e. The largest absolute Gasteiger partial charge is 0.270 e. The SMILES string of the molecule is CCc1c(I)n(S(=O)(=O)c2ccc(C)cc2)c2ncc3cnn(C)c3c12. The van der Waals surface area contributed by atoms with E-state index in [9.17, 15) is 8.42 Å². The zero-order valence-electron chi connectivity index (χ0n) is 14.6. The van der Waals surface area contributed by atoms with E-state index in [0.29, 0.717) is 15.8 Å². The molecule has 4 aromatic rings. The zero-order chi connectivity index (χ0) is 18.6. The van der Waals surface area contributed by atoms with Gasteiger partial charge in [-0.3, -0.25) is 4.68 Å². The van der Waals surface area contributed by atoms with Gasteiger partial charge in [-0.2, -0.15) is 5.10 Å². The van der Waals surface area contributed by atoms with Gasteiger partial charge >= 0.3 is 0 Å². The zero-order valence-corrected chi connectivity index (χ0v) is 17.5. The van der Waals surface area contributed by atoms with Crippen molar-refractivity contribution in [1.82, 2.24) is 18.7 Å². The molecule has 0 aliphatic rings. The summed E-state index contributed by atoms with van der Waals surface area (Å²) in [5, 5.41) is 6.06. The molecule has 0 aliphatic heterocycles. The van der Waals surface area contributed by atoms with Gasteiger partial charge in [0, 0.05) is 18.6 Å². The fourth-order valence-corrected chi connectivity index (χ4v) is 6.30. The molecule has 0 unspecified atom stereocenters. The summed E-state index contributed by atoms with van der Waals surface area (Å²) in [5.41, 5.74) is 3.34. The third kappa shape index (κ3) is 2.38. The third-order valence-corrected chi connectivity index (χ3v) is 7.75. The van der Waals surface area contributed by atoms with Crippen LogP contribution in [0.4, 0.5) is 0 Å². The lowest BCUT2D eigenvalue weighted by molar-refractivity contribution is 0.587. The highest BCUT2D eigenvalue weighted by Gasteiger charge is 2.28. The van der Waals surface area contributed by atoms with Crippen molar-refractivity contribution in [2.75, 3.05) is 0 Å².